The molecule has 1 aliphatic rings. The van der Waals surface area contributed by atoms with E-state index in [1.165, 1.54) is 7.11 Å². The fourth-order valence-corrected chi connectivity index (χ4v) is 3.18. The molecule has 1 amide bonds. The summed E-state index contributed by atoms with van der Waals surface area (Å²) in [5.74, 6) is -0.185. The molecule has 1 aliphatic heterocycles. The van der Waals surface area contributed by atoms with Crippen molar-refractivity contribution < 1.29 is 18.8 Å². The molecule has 21 heavy (non-hydrogen) atoms. The molecule has 0 aromatic heterocycles. The van der Waals surface area contributed by atoms with E-state index >= 15 is 0 Å². The van der Waals surface area contributed by atoms with E-state index in [0.717, 1.165) is 6.42 Å². The highest BCUT2D eigenvalue weighted by molar-refractivity contribution is 6.74. The lowest BCUT2D eigenvalue weighted by Gasteiger charge is -2.39. The van der Waals surface area contributed by atoms with Gasteiger partial charge in [-0.1, -0.05) is 20.8 Å². The molecule has 122 valence electrons. The fourth-order valence-electron chi connectivity index (χ4n) is 2.12. The molecule has 1 heterocycles. The van der Waals surface area contributed by atoms with E-state index in [9.17, 15) is 9.59 Å². The number of amides is 1. The van der Waals surface area contributed by atoms with Crippen molar-refractivity contribution in [1.82, 2.24) is 5.32 Å². The van der Waals surface area contributed by atoms with E-state index < -0.39 is 8.32 Å². The van der Waals surface area contributed by atoms with Gasteiger partial charge in [-0.15, -0.1) is 0 Å². The lowest BCUT2D eigenvalue weighted by molar-refractivity contribution is -0.143. The second-order valence-electron chi connectivity index (χ2n) is 7.23. The molecule has 0 aromatic rings. The largest absolute Gasteiger partial charge is 0.469 e. The number of rotatable bonds is 7. The molecule has 0 saturated carbocycles. The topological polar surface area (TPSA) is 64.6 Å². The molecule has 2 unspecified atom stereocenters. The summed E-state index contributed by atoms with van der Waals surface area (Å²) in [7, 11) is -0.371. The normalized spacial score (nSPS) is 22.5. The monoisotopic (exact) mass is 315 g/mol. The van der Waals surface area contributed by atoms with Crippen molar-refractivity contribution in [3.8, 4) is 0 Å². The highest BCUT2D eigenvalue weighted by Crippen LogP contribution is 2.37. The maximum Gasteiger partial charge on any atom is 0.305 e. The molecule has 0 aromatic carbocycles. The van der Waals surface area contributed by atoms with Gasteiger partial charge in [-0.3, -0.25) is 9.59 Å². The number of β-lactam (4-membered cyclic amide) rings is 1. The molecule has 1 rings (SSSR count). The maximum absolute atomic E-state index is 11.6. The SMILES string of the molecule is COC(=O)CCC1NC(=O)C1CCO[Si](C)(C)C(C)(C)C. The Kier molecular flexibility index (Phi) is 5.98. The van der Waals surface area contributed by atoms with Crippen molar-refractivity contribution in [2.75, 3.05) is 13.7 Å². The maximum atomic E-state index is 11.6. The first-order chi connectivity index (χ1) is 9.58. The molecule has 1 fully saturated rings. The van der Waals surface area contributed by atoms with E-state index in [1.54, 1.807) is 0 Å². The van der Waals surface area contributed by atoms with Gasteiger partial charge in [0, 0.05) is 19.1 Å². The number of hydrogen-bond donors (Lipinski definition) is 1. The Morgan fingerprint density at radius 1 is 1.29 bits per heavy atom. The van der Waals surface area contributed by atoms with Crippen LogP contribution in [0.5, 0.6) is 0 Å². The summed E-state index contributed by atoms with van der Waals surface area (Å²) in [4.78, 5) is 22.8. The summed E-state index contributed by atoms with van der Waals surface area (Å²) in [6.45, 7) is 11.6. The second kappa shape index (κ2) is 6.92. The molecule has 2 atom stereocenters. The predicted molar refractivity (Wildman–Crippen MR) is 84.4 cm³/mol. The Labute approximate surface area is 128 Å². The molecule has 0 radical (unpaired) electrons. The zero-order valence-electron chi connectivity index (χ0n) is 14.1. The van der Waals surface area contributed by atoms with Crippen LogP contribution >= 0.6 is 0 Å². The molecule has 0 bridgehead atoms. The van der Waals surface area contributed by atoms with Crippen molar-refractivity contribution >= 4 is 20.2 Å². The third-order valence-electron chi connectivity index (χ3n) is 4.74. The zero-order chi connectivity index (χ0) is 16.3. The summed E-state index contributed by atoms with van der Waals surface area (Å²) < 4.78 is 10.7. The fraction of sp³-hybridized carbons (Fsp3) is 0.867. The van der Waals surface area contributed by atoms with E-state index in [-0.39, 0.29) is 28.9 Å². The lowest BCUT2D eigenvalue weighted by Crippen LogP contribution is -2.58. The van der Waals surface area contributed by atoms with Gasteiger partial charge >= 0.3 is 5.97 Å². The highest BCUT2D eigenvalue weighted by atomic mass is 28.4. The molecule has 5 nitrogen and oxygen atoms in total. The smallest absolute Gasteiger partial charge is 0.305 e. The van der Waals surface area contributed by atoms with Crippen molar-refractivity contribution in [2.45, 2.75) is 64.2 Å². The average Bonchev–Trinajstić information content (AvgIpc) is 2.37. The molecule has 0 aliphatic carbocycles. The van der Waals surface area contributed by atoms with Crippen molar-refractivity contribution in [3.05, 3.63) is 0 Å². The van der Waals surface area contributed by atoms with Gasteiger partial charge < -0.3 is 14.5 Å². The van der Waals surface area contributed by atoms with Gasteiger partial charge in [0.25, 0.3) is 0 Å². The van der Waals surface area contributed by atoms with Crippen LogP contribution in [0.15, 0.2) is 0 Å². The van der Waals surface area contributed by atoms with Gasteiger partial charge in [0.05, 0.1) is 13.0 Å². The average molecular weight is 315 g/mol. The number of carbonyl (C=O) groups is 2. The summed E-state index contributed by atoms with van der Waals surface area (Å²) in [5.41, 5.74) is 0. The van der Waals surface area contributed by atoms with E-state index in [1.807, 2.05) is 0 Å². The molecule has 1 N–H and O–H groups in total. The number of hydrogen-bond acceptors (Lipinski definition) is 4. The summed E-state index contributed by atoms with van der Waals surface area (Å²) in [6, 6.07) is 0.0830. The van der Waals surface area contributed by atoms with Crippen LogP contribution in [-0.4, -0.2) is 40.0 Å². The molecule has 0 spiro atoms. The van der Waals surface area contributed by atoms with Gasteiger partial charge in [0.2, 0.25) is 5.91 Å². The van der Waals surface area contributed by atoms with Crippen LogP contribution in [0.25, 0.3) is 0 Å². The standard InChI is InChI=1S/C15H29NO4Si/c1-15(2,3)21(5,6)20-10-9-11-12(16-14(11)18)7-8-13(17)19-4/h11-12H,7-10H2,1-6H3,(H,16,18). The summed E-state index contributed by atoms with van der Waals surface area (Å²) in [6.07, 6.45) is 1.72. The van der Waals surface area contributed by atoms with E-state index in [4.69, 9.17) is 4.43 Å². The number of nitrogens with one attached hydrogen (secondary N) is 1. The van der Waals surface area contributed by atoms with Crippen LogP contribution in [0, 0.1) is 5.92 Å². The molecular formula is C15H29NO4Si. The summed E-state index contributed by atoms with van der Waals surface area (Å²) in [5, 5.41) is 3.04. The third-order valence-corrected chi connectivity index (χ3v) is 9.27. The van der Waals surface area contributed by atoms with Crippen LogP contribution in [-0.2, 0) is 18.8 Å². The summed E-state index contributed by atoms with van der Waals surface area (Å²) >= 11 is 0. The Balaban J connectivity index is 2.37. The lowest BCUT2D eigenvalue weighted by atomic mass is 9.85. The minimum atomic E-state index is -1.75. The van der Waals surface area contributed by atoms with Gasteiger partial charge in [0.1, 0.15) is 0 Å². The molecule has 1 saturated heterocycles. The minimum absolute atomic E-state index is 0.0283. The Morgan fingerprint density at radius 2 is 1.90 bits per heavy atom. The Bertz CT molecular complexity index is 390. The Morgan fingerprint density at radius 3 is 2.38 bits per heavy atom. The number of ether oxygens (including phenoxy) is 1. The second-order valence-corrected chi connectivity index (χ2v) is 12.0. The number of methoxy groups -OCH3 is 1. The Hall–Kier alpha value is -0.883. The zero-order valence-corrected chi connectivity index (χ0v) is 15.1. The minimum Gasteiger partial charge on any atom is -0.469 e. The first-order valence-corrected chi connectivity index (χ1v) is 10.5. The molecule has 6 heteroatoms. The van der Waals surface area contributed by atoms with Crippen molar-refractivity contribution in [1.29, 1.82) is 0 Å². The first-order valence-electron chi connectivity index (χ1n) is 7.59. The third kappa shape index (κ3) is 4.81. The predicted octanol–water partition coefficient (Wildman–Crippen LogP) is 2.47. The number of carbonyl (C=O) groups excluding carboxylic acids is 2. The van der Waals surface area contributed by atoms with Gasteiger partial charge in [0.15, 0.2) is 8.32 Å². The molecular weight excluding hydrogens is 286 g/mol. The van der Waals surface area contributed by atoms with Gasteiger partial charge in [-0.05, 0) is 31.0 Å². The van der Waals surface area contributed by atoms with Crippen molar-refractivity contribution in [3.63, 3.8) is 0 Å². The number of esters is 1. The highest BCUT2D eigenvalue weighted by Gasteiger charge is 2.40. The van der Waals surface area contributed by atoms with Crippen molar-refractivity contribution in [2.24, 2.45) is 5.92 Å². The van der Waals surface area contributed by atoms with Crippen LogP contribution in [0.1, 0.15) is 40.0 Å². The van der Waals surface area contributed by atoms with Crippen LogP contribution < -0.4 is 5.32 Å². The van der Waals surface area contributed by atoms with E-state index in [0.29, 0.717) is 19.4 Å². The van der Waals surface area contributed by atoms with Crippen LogP contribution in [0.4, 0.5) is 0 Å². The quantitative estimate of drug-likeness (QED) is 0.445. The van der Waals surface area contributed by atoms with Crippen LogP contribution in [0.3, 0.4) is 0 Å². The van der Waals surface area contributed by atoms with Gasteiger partial charge in [-0.25, -0.2) is 0 Å². The first kappa shape index (κ1) is 18.2. The van der Waals surface area contributed by atoms with Gasteiger partial charge in [-0.2, -0.15) is 0 Å². The van der Waals surface area contributed by atoms with E-state index in [2.05, 4.69) is 43.9 Å². The van der Waals surface area contributed by atoms with Crippen LogP contribution in [0.2, 0.25) is 18.1 Å².